The van der Waals surface area contributed by atoms with Gasteiger partial charge in [-0.2, -0.15) is 0 Å². The van der Waals surface area contributed by atoms with Crippen molar-refractivity contribution in [1.29, 1.82) is 0 Å². The van der Waals surface area contributed by atoms with Crippen molar-refractivity contribution in [3.63, 3.8) is 0 Å². The van der Waals surface area contributed by atoms with Crippen LogP contribution < -0.4 is 15.4 Å². The molecule has 0 bridgehead atoms. The molecule has 0 spiro atoms. The fourth-order valence-corrected chi connectivity index (χ4v) is 2.98. The van der Waals surface area contributed by atoms with Crippen molar-refractivity contribution in [2.75, 3.05) is 33.4 Å². The smallest absolute Gasteiger partial charge is 0.191 e. The first kappa shape index (κ1) is 26.5. The maximum atomic E-state index is 10.4. The van der Waals surface area contributed by atoms with Crippen LogP contribution in [0.5, 0.6) is 5.75 Å². The zero-order valence-corrected chi connectivity index (χ0v) is 20.7. The summed E-state index contributed by atoms with van der Waals surface area (Å²) < 4.78 is 10.9. The summed E-state index contributed by atoms with van der Waals surface area (Å²) in [4.78, 5) is 4.63. The maximum absolute atomic E-state index is 10.4. The highest BCUT2D eigenvalue weighted by molar-refractivity contribution is 14.0. The van der Waals surface area contributed by atoms with Gasteiger partial charge in [0.05, 0.1) is 19.3 Å². The number of ether oxygens (including phenoxy) is 2. The minimum Gasteiger partial charge on any atom is -0.491 e. The molecule has 0 aliphatic carbocycles. The van der Waals surface area contributed by atoms with E-state index in [9.17, 15) is 5.11 Å². The van der Waals surface area contributed by atoms with E-state index < -0.39 is 6.10 Å². The second-order valence-corrected chi connectivity index (χ2v) is 6.97. The largest absolute Gasteiger partial charge is 0.491 e. The van der Waals surface area contributed by atoms with Gasteiger partial charge in [0.25, 0.3) is 0 Å². The molecule has 0 fully saturated rings. The van der Waals surface area contributed by atoms with Crippen LogP contribution >= 0.6 is 35.6 Å². The van der Waals surface area contributed by atoms with Crippen molar-refractivity contribution in [3.05, 3.63) is 64.2 Å². The first-order valence-corrected chi connectivity index (χ1v) is 10.1. The number of nitrogens with zero attached hydrogens (tertiary/aromatic N) is 1. The van der Waals surface area contributed by atoms with Crippen LogP contribution in [0.2, 0.25) is 5.02 Å². The summed E-state index contributed by atoms with van der Waals surface area (Å²) in [5, 5.41) is 17.3. The van der Waals surface area contributed by atoms with Crippen LogP contribution in [-0.2, 0) is 11.3 Å². The Morgan fingerprint density at radius 1 is 1.17 bits per heavy atom. The number of aliphatic imine (C=N–C) groups is 1. The summed E-state index contributed by atoms with van der Waals surface area (Å²) in [5.41, 5.74) is 2.79. The number of benzene rings is 2. The lowest BCUT2D eigenvalue weighted by atomic mass is 10.1. The first-order chi connectivity index (χ1) is 14.0. The Labute approximate surface area is 201 Å². The Morgan fingerprint density at radius 3 is 2.63 bits per heavy atom. The molecule has 3 N–H and O–H groups in total. The number of rotatable bonds is 10. The molecule has 166 valence electrons. The van der Waals surface area contributed by atoms with Gasteiger partial charge >= 0.3 is 0 Å². The average molecular weight is 548 g/mol. The molecule has 1 unspecified atom stereocenters. The van der Waals surface area contributed by atoms with Crippen molar-refractivity contribution in [2.24, 2.45) is 4.99 Å². The van der Waals surface area contributed by atoms with Crippen molar-refractivity contribution < 1.29 is 14.6 Å². The van der Waals surface area contributed by atoms with E-state index >= 15 is 0 Å². The zero-order valence-electron chi connectivity index (χ0n) is 17.7. The van der Waals surface area contributed by atoms with Gasteiger partial charge in [-0.1, -0.05) is 41.9 Å². The summed E-state index contributed by atoms with van der Waals surface area (Å²) in [7, 11) is 1.65. The Hall–Kier alpha value is -1.55. The molecule has 6 nitrogen and oxygen atoms in total. The van der Waals surface area contributed by atoms with Gasteiger partial charge in [-0.05, 0) is 31.5 Å². The number of methoxy groups -OCH3 is 1. The molecule has 2 aromatic rings. The lowest BCUT2D eigenvalue weighted by molar-refractivity contribution is 0.145. The number of hydrogen-bond donors (Lipinski definition) is 3. The summed E-state index contributed by atoms with van der Waals surface area (Å²) in [6.07, 6.45) is -0.736. The summed E-state index contributed by atoms with van der Waals surface area (Å²) in [6.45, 7) is 6.48. The molecule has 2 aromatic carbocycles. The van der Waals surface area contributed by atoms with E-state index in [4.69, 9.17) is 21.1 Å². The molecule has 8 heteroatoms. The van der Waals surface area contributed by atoms with Gasteiger partial charge in [-0.3, -0.25) is 0 Å². The molecule has 0 saturated carbocycles. The number of nitrogens with one attached hydrogen (secondary N) is 2. The SMILES string of the molecule is CCNC(=NCc1ccc(C)cc1OCCOC)NCC(O)c1ccccc1Cl.I. The molecular weight excluding hydrogens is 517 g/mol. The molecule has 30 heavy (non-hydrogen) atoms. The molecule has 0 saturated heterocycles. The summed E-state index contributed by atoms with van der Waals surface area (Å²) in [6, 6.07) is 13.3. The predicted molar refractivity (Wildman–Crippen MR) is 133 cm³/mol. The molecular formula is C22H31ClIN3O3. The summed E-state index contributed by atoms with van der Waals surface area (Å²) >= 11 is 6.16. The highest BCUT2D eigenvalue weighted by Crippen LogP contribution is 2.22. The van der Waals surface area contributed by atoms with Gasteiger partial charge in [0.15, 0.2) is 5.96 Å². The van der Waals surface area contributed by atoms with E-state index in [0.29, 0.717) is 49.4 Å². The van der Waals surface area contributed by atoms with E-state index in [0.717, 1.165) is 16.9 Å². The number of halogens is 2. The lowest BCUT2D eigenvalue weighted by Gasteiger charge is -2.17. The second-order valence-electron chi connectivity index (χ2n) is 6.57. The minimum atomic E-state index is -0.736. The standard InChI is InChI=1S/C22H30ClN3O3.HI/c1-4-24-22(26-15-20(27)18-7-5-6-8-19(18)23)25-14-17-10-9-16(2)13-21(17)29-12-11-28-3;/h5-10,13,20,27H,4,11-12,14-15H2,1-3H3,(H2,24,25,26);1H. The molecule has 0 aliphatic heterocycles. The Balaban J connectivity index is 0.00000450. The maximum Gasteiger partial charge on any atom is 0.191 e. The normalized spacial score (nSPS) is 12.1. The van der Waals surface area contributed by atoms with E-state index in [2.05, 4.69) is 15.6 Å². The van der Waals surface area contributed by atoms with Crippen molar-refractivity contribution in [3.8, 4) is 5.75 Å². The Morgan fingerprint density at radius 2 is 1.93 bits per heavy atom. The molecule has 0 heterocycles. The third kappa shape index (κ3) is 8.67. The third-order valence-corrected chi connectivity index (χ3v) is 4.59. The first-order valence-electron chi connectivity index (χ1n) is 9.71. The van der Waals surface area contributed by atoms with Crippen LogP contribution in [0.25, 0.3) is 0 Å². The highest BCUT2D eigenvalue weighted by atomic mass is 127. The number of hydrogen-bond acceptors (Lipinski definition) is 4. The third-order valence-electron chi connectivity index (χ3n) is 4.25. The van der Waals surface area contributed by atoms with E-state index in [1.165, 1.54) is 0 Å². The number of guanidine groups is 1. The van der Waals surface area contributed by atoms with Crippen molar-refractivity contribution in [2.45, 2.75) is 26.5 Å². The van der Waals surface area contributed by atoms with Crippen molar-refractivity contribution in [1.82, 2.24) is 10.6 Å². The van der Waals surface area contributed by atoms with Gasteiger partial charge in [0.1, 0.15) is 12.4 Å². The van der Waals surface area contributed by atoms with Crippen LogP contribution in [0.3, 0.4) is 0 Å². The second kappa shape index (κ2) is 14.5. The van der Waals surface area contributed by atoms with Gasteiger partial charge in [0.2, 0.25) is 0 Å². The molecule has 0 aliphatic rings. The van der Waals surface area contributed by atoms with Crippen molar-refractivity contribution >= 4 is 41.5 Å². The van der Waals surface area contributed by atoms with Crippen LogP contribution in [0.1, 0.15) is 29.7 Å². The molecule has 2 rings (SSSR count). The zero-order chi connectivity index (χ0) is 21.1. The molecule has 0 radical (unpaired) electrons. The van der Waals surface area contributed by atoms with Crippen LogP contribution in [0.15, 0.2) is 47.5 Å². The fourth-order valence-electron chi connectivity index (χ4n) is 2.72. The molecule has 0 aromatic heterocycles. The quantitative estimate of drug-likeness (QED) is 0.181. The van der Waals surface area contributed by atoms with E-state index in [1.54, 1.807) is 13.2 Å². The Kier molecular flexibility index (Phi) is 12.8. The van der Waals surface area contributed by atoms with E-state index in [-0.39, 0.29) is 24.0 Å². The van der Waals surface area contributed by atoms with E-state index in [1.807, 2.05) is 50.2 Å². The molecule has 0 amide bonds. The minimum absolute atomic E-state index is 0. The van der Waals surface area contributed by atoms with Crippen LogP contribution in [-0.4, -0.2) is 44.5 Å². The number of aliphatic hydroxyl groups is 1. The highest BCUT2D eigenvalue weighted by Gasteiger charge is 2.12. The molecule has 1 atom stereocenters. The predicted octanol–water partition coefficient (Wildman–Crippen LogP) is 4.08. The average Bonchev–Trinajstić information content (AvgIpc) is 2.71. The lowest BCUT2D eigenvalue weighted by Crippen LogP contribution is -2.39. The monoisotopic (exact) mass is 547 g/mol. The number of aryl methyl sites for hydroxylation is 1. The topological polar surface area (TPSA) is 75.1 Å². The van der Waals surface area contributed by atoms with Gasteiger partial charge < -0.3 is 25.2 Å². The fraction of sp³-hybridized carbons (Fsp3) is 0.409. The number of aliphatic hydroxyl groups excluding tert-OH is 1. The van der Waals surface area contributed by atoms with Gasteiger partial charge in [-0.25, -0.2) is 4.99 Å². The van der Waals surface area contributed by atoms with Gasteiger partial charge in [-0.15, -0.1) is 24.0 Å². The van der Waals surface area contributed by atoms with Crippen LogP contribution in [0, 0.1) is 6.92 Å². The summed E-state index contributed by atoms with van der Waals surface area (Å²) in [5.74, 6) is 1.42. The van der Waals surface area contributed by atoms with Crippen LogP contribution in [0.4, 0.5) is 0 Å². The Bertz CT molecular complexity index is 805. The van der Waals surface area contributed by atoms with Gasteiger partial charge in [0, 0.05) is 36.3 Å².